The van der Waals surface area contributed by atoms with Crippen LogP contribution in [-0.4, -0.2) is 15.9 Å². The van der Waals surface area contributed by atoms with E-state index in [-0.39, 0.29) is 11.2 Å². The number of carbonyl (C=O) groups excluding carboxylic acids is 1. The number of carbonyl (C=O) groups is 1. The van der Waals surface area contributed by atoms with E-state index < -0.39 is 0 Å². The van der Waals surface area contributed by atoms with Crippen LogP contribution in [0.5, 0.6) is 0 Å². The molecular weight excluding hydrogens is 269 g/mol. The lowest BCUT2D eigenvalue weighted by molar-refractivity contribution is 0.103. The molecule has 2 heterocycles. The minimum Gasteiger partial charge on any atom is -0.319 e. The first kappa shape index (κ1) is 11.3. The molecule has 7 heteroatoms. The van der Waals surface area contributed by atoms with E-state index in [2.05, 4.69) is 15.3 Å². The SMILES string of the molecule is O=C(Nc1cnc(Cl)nc1)c1ccc(Cl)s1. The van der Waals surface area contributed by atoms with Gasteiger partial charge < -0.3 is 5.32 Å². The summed E-state index contributed by atoms with van der Waals surface area (Å²) in [6, 6.07) is 3.32. The first-order valence-corrected chi connectivity index (χ1v) is 5.76. The molecule has 0 aliphatic carbocycles. The van der Waals surface area contributed by atoms with Crippen molar-refractivity contribution < 1.29 is 4.79 Å². The molecule has 0 radical (unpaired) electrons. The molecule has 0 bridgehead atoms. The number of aromatic nitrogens is 2. The topological polar surface area (TPSA) is 54.9 Å². The summed E-state index contributed by atoms with van der Waals surface area (Å²) in [6.45, 7) is 0. The summed E-state index contributed by atoms with van der Waals surface area (Å²) in [6.07, 6.45) is 2.87. The third-order valence-corrected chi connectivity index (χ3v) is 3.10. The number of anilines is 1. The molecule has 0 spiro atoms. The fourth-order valence-corrected chi connectivity index (χ4v) is 2.04. The van der Waals surface area contributed by atoms with Crippen molar-refractivity contribution in [2.75, 3.05) is 5.32 Å². The Bertz CT molecular complexity index is 512. The molecule has 16 heavy (non-hydrogen) atoms. The van der Waals surface area contributed by atoms with Crippen molar-refractivity contribution in [3.05, 3.63) is 39.0 Å². The Morgan fingerprint density at radius 2 is 1.94 bits per heavy atom. The van der Waals surface area contributed by atoms with Gasteiger partial charge in [0, 0.05) is 0 Å². The Balaban J connectivity index is 2.10. The van der Waals surface area contributed by atoms with E-state index >= 15 is 0 Å². The second kappa shape index (κ2) is 4.78. The fraction of sp³-hybridized carbons (Fsp3) is 0. The molecule has 2 aromatic rings. The monoisotopic (exact) mass is 273 g/mol. The minimum absolute atomic E-state index is 0.136. The maximum atomic E-state index is 11.7. The van der Waals surface area contributed by atoms with Crippen molar-refractivity contribution in [2.45, 2.75) is 0 Å². The van der Waals surface area contributed by atoms with E-state index in [0.29, 0.717) is 14.9 Å². The van der Waals surface area contributed by atoms with E-state index in [1.165, 1.54) is 23.7 Å². The van der Waals surface area contributed by atoms with Gasteiger partial charge >= 0.3 is 0 Å². The van der Waals surface area contributed by atoms with Gasteiger partial charge in [0.05, 0.1) is 27.3 Å². The van der Waals surface area contributed by atoms with Gasteiger partial charge in [0.1, 0.15) is 0 Å². The molecule has 0 aromatic carbocycles. The maximum Gasteiger partial charge on any atom is 0.265 e. The van der Waals surface area contributed by atoms with E-state index in [9.17, 15) is 4.79 Å². The lowest BCUT2D eigenvalue weighted by atomic mass is 10.4. The predicted octanol–water partition coefficient (Wildman–Crippen LogP) is 3.10. The Hall–Kier alpha value is -1.17. The van der Waals surface area contributed by atoms with Crippen molar-refractivity contribution in [3.8, 4) is 0 Å². The number of halogens is 2. The Labute approximate surface area is 105 Å². The van der Waals surface area contributed by atoms with Gasteiger partial charge in [0.2, 0.25) is 5.28 Å². The van der Waals surface area contributed by atoms with Crippen LogP contribution in [0.2, 0.25) is 9.62 Å². The number of nitrogens with zero attached hydrogens (tertiary/aromatic N) is 2. The summed E-state index contributed by atoms with van der Waals surface area (Å²) in [5, 5.41) is 2.76. The standard InChI is InChI=1S/C9H5Cl2N3OS/c10-7-2-1-6(16-7)8(15)14-5-3-12-9(11)13-4-5/h1-4H,(H,14,15). The van der Waals surface area contributed by atoms with E-state index in [4.69, 9.17) is 23.2 Å². The van der Waals surface area contributed by atoms with Crippen molar-refractivity contribution in [1.29, 1.82) is 0 Å². The van der Waals surface area contributed by atoms with Gasteiger partial charge in [-0.3, -0.25) is 4.79 Å². The lowest BCUT2D eigenvalue weighted by Gasteiger charge is -2.01. The van der Waals surface area contributed by atoms with Crippen LogP contribution in [0.3, 0.4) is 0 Å². The molecule has 2 rings (SSSR count). The van der Waals surface area contributed by atoms with E-state index in [0.717, 1.165) is 0 Å². The zero-order valence-electron chi connectivity index (χ0n) is 7.78. The molecular formula is C9H5Cl2N3OS. The van der Waals surface area contributed by atoms with Gasteiger partial charge in [-0.05, 0) is 23.7 Å². The van der Waals surface area contributed by atoms with Crippen LogP contribution in [-0.2, 0) is 0 Å². The number of amides is 1. The van der Waals surface area contributed by atoms with Crippen molar-refractivity contribution in [2.24, 2.45) is 0 Å². The highest BCUT2D eigenvalue weighted by Crippen LogP contribution is 2.22. The van der Waals surface area contributed by atoms with Crippen molar-refractivity contribution in [1.82, 2.24) is 9.97 Å². The summed E-state index contributed by atoms with van der Waals surface area (Å²) in [5.41, 5.74) is 0.485. The lowest BCUT2D eigenvalue weighted by Crippen LogP contribution is -2.10. The second-order valence-corrected chi connectivity index (χ2v) is 4.85. The first-order chi connectivity index (χ1) is 7.65. The van der Waals surface area contributed by atoms with Crippen LogP contribution in [0.15, 0.2) is 24.5 Å². The number of nitrogens with one attached hydrogen (secondary N) is 1. The van der Waals surface area contributed by atoms with Gasteiger partial charge in [-0.15, -0.1) is 11.3 Å². The highest BCUT2D eigenvalue weighted by atomic mass is 35.5. The molecule has 0 aliphatic heterocycles. The third kappa shape index (κ3) is 2.69. The van der Waals surface area contributed by atoms with Crippen LogP contribution in [0, 0.1) is 0 Å². The smallest absolute Gasteiger partial charge is 0.265 e. The Kier molecular flexibility index (Phi) is 3.38. The van der Waals surface area contributed by atoms with Gasteiger partial charge in [0.15, 0.2) is 0 Å². The second-order valence-electron chi connectivity index (χ2n) is 2.80. The number of hydrogen-bond donors (Lipinski definition) is 1. The summed E-state index contributed by atoms with van der Waals surface area (Å²) >= 11 is 12.4. The largest absolute Gasteiger partial charge is 0.319 e. The van der Waals surface area contributed by atoms with Gasteiger partial charge in [-0.2, -0.15) is 0 Å². The number of rotatable bonds is 2. The molecule has 1 N–H and O–H groups in total. The van der Waals surface area contributed by atoms with Crippen LogP contribution < -0.4 is 5.32 Å². The first-order valence-electron chi connectivity index (χ1n) is 4.19. The zero-order chi connectivity index (χ0) is 11.5. The normalized spacial score (nSPS) is 10.1. The summed E-state index contributed by atoms with van der Waals surface area (Å²) in [5.74, 6) is -0.247. The highest BCUT2D eigenvalue weighted by molar-refractivity contribution is 7.18. The molecule has 0 atom stereocenters. The average Bonchev–Trinajstić information content (AvgIpc) is 2.68. The quantitative estimate of drug-likeness (QED) is 0.856. The summed E-state index contributed by atoms with van der Waals surface area (Å²) in [7, 11) is 0. The van der Waals surface area contributed by atoms with Crippen molar-refractivity contribution >= 4 is 46.1 Å². The van der Waals surface area contributed by atoms with Crippen LogP contribution in [0.4, 0.5) is 5.69 Å². The molecule has 1 amide bonds. The molecule has 0 aliphatic rings. The Morgan fingerprint density at radius 3 is 2.50 bits per heavy atom. The summed E-state index contributed by atoms with van der Waals surface area (Å²) in [4.78, 5) is 19.7. The highest BCUT2D eigenvalue weighted by Gasteiger charge is 2.09. The van der Waals surface area contributed by atoms with Gasteiger partial charge in [0.25, 0.3) is 5.91 Å². The molecule has 0 fully saturated rings. The number of hydrogen-bond acceptors (Lipinski definition) is 4. The van der Waals surface area contributed by atoms with Crippen molar-refractivity contribution in [3.63, 3.8) is 0 Å². The van der Waals surface area contributed by atoms with Crippen LogP contribution in [0.25, 0.3) is 0 Å². The molecule has 2 aromatic heterocycles. The van der Waals surface area contributed by atoms with Crippen LogP contribution in [0.1, 0.15) is 9.67 Å². The predicted molar refractivity (Wildman–Crippen MR) is 64.3 cm³/mol. The zero-order valence-corrected chi connectivity index (χ0v) is 10.1. The van der Waals surface area contributed by atoms with Gasteiger partial charge in [-0.25, -0.2) is 9.97 Å². The number of thiophene rings is 1. The van der Waals surface area contributed by atoms with E-state index in [1.807, 2.05) is 0 Å². The third-order valence-electron chi connectivity index (χ3n) is 1.68. The summed E-state index contributed by atoms with van der Waals surface area (Å²) < 4.78 is 0.567. The average molecular weight is 274 g/mol. The molecule has 0 unspecified atom stereocenters. The maximum absolute atomic E-state index is 11.7. The van der Waals surface area contributed by atoms with E-state index in [1.54, 1.807) is 12.1 Å². The molecule has 82 valence electrons. The molecule has 0 saturated heterocycles. The Morgan fingerprint density at radius 1 is 1.25 bits per heavy atom. The molecule has 4 nitrogen and oxygen atoms in total. The van der Waals surface area contributed by atoms with Gasteiger partial charge in [-0.1, -0.05) is 11.6 Å². The minimum atomic E-state index is -0.247. The van der Waals surface area contributed by atoms with Crippen LogP contribution >= 0.6 is 34.5 Å². The fourth-order valence-electron chi connectivity index (χ4n) is 1.01. The molecule has 0 saturated carbocycles.